The zero-order valence-electron chi connectivity index (χ0n) is 17.6. The van der Waals surface area contributed by atoms with Gasteiger partial charge in [0.15, 0.2) is 0 Å². The second-order valence-corrected chi connectivity index (χ2v) is 8.38. The number of aromatic nitrogens is 2. The first-order chi connectivity index (χ1) is 15.0. The molecule has 0 radical (unpaired) electrons. The Morgan fingerprint density at radius 3 is 2.19 bits per heavy atom. The van der Waals surface area contributed by atoms with E-state index in [0.29, 0.717) is 10.0 Å². The van der Waals surface area contributed by atoms with E-state index in [2.05, 4.69) is 53.2 Å². The largest absolute Gasteiger partial charge is 0.231 e. The average Bonchev–Trinajstić information content (AvgIpc) is 3.11. The minimum Gasteiger partial charge on any atom is -0.231 e. The molecule has 0 aliphatic heterocycles. The van der Waals surface area contributed by atoms with E-state index in [-0.39, 0.29) is 0 Å². The summed E-state index contributed by atoms with van der Waals surface area (Å²) in [4.78, 5) is 0. The van der Waals surface area contributed by atoms with Gasteiger partial charge in [0, 0.05) is 20.6 Å². The third-order valence-electron chi connectivity index (χ3n) is 4.65. The fraction of sp³-hybridized carbons (Fsp3) is 0.115. The third-order valence-corrected chi connectivity index (χ3v) is 5.71. The summed E-state index contributed by atoms with van der Waals surface area (Å²) in [5, 5.41) is 6.02. The highest BCUT2D eigenvalue weighted by Crippen LogP contribution is 2.33. The van der Waals surface area contributed by atoms with Crippen LogP contribution in [0.4, 0.5) is 0 Å². The summed E-state index contributed by atoms with van der Waals surface area (Å²) in [5.41, 5.74) is 5.92. The summed E-state index contributed by atoms with van der Waals surface area (Å²) in [6.45, 7) is 6.08. The minimum absolute atomic E-state index is 0.553. The van der Waals surface area contributed by atoms with E-state index in [1.54, 1.807) is 6.07 Å². The van der Waals surface area contributed by atoms with E-state index in [0.717, 1.165) is 38.2 Å². The smallest absolute Gasteiger partial charge is 0.0891 e. The van der Waals surface area contributed by atoms with Gasteiger partial charge in [0.25, 0.3) is 0 Å². The molecular weight excluding hydrogens is 491 g/mol. The van der Waals surface area contributed by atoms with Crippen LogP contribution >= 0.6 is 39.1 Å². The predicted octanol–water partition coefficient (Wildman–Crippen LogP) is 9.11. The Hall–Kier alpha value is -2.33. The molecule has 0 bridgehead atoms. The van der Waals surface area contributed by atoms with Crippen LogP contribution < -0.4 is 0 Å². The topological polar surface area (TPSA) is 17.8 Å². The van der Waals surface area contributed by atoms with Crippen molar-refractivity contribution in [3.63, 3.8) is 0 Å². The maximum absolute atomic E-state index is 6.51. The lowest BCUT2D eigenvalue weighted by Crippen LogP contribution is -2.00. The molecule has 0 aliphatic rings. The molecule has 1 heterocycles. The normalized spacial score (nSPS) is 10.8. The lowest BCUT2D eigenvalue weighted by molar-refractivity contribution is 0.883. The molecule has 2 nitrogen and oxygen atoms in total. The predicted molar refractivity (Wildman–Crippen MR) is 138 cm³/mol. The van der Waals surface area contributed by atoms with E-state index < -0.39 is 0 Å². The highest BCUT2D eigenvalue weighted by Gasteiger charge is 2.18. The molecule has 0 amide bonds. The molecule has 0 spiro atoms. The van der Waals surface area contributed by atoms with Crippen molar-refractivity contribution < 1.29 is 0 Å². The molecule has 0 unspecified atom stereocenters. The van der Waals surface area contributed by atoms with Gasteiger partial charge in [-0.1, -0.05) is 102 Å². The highest BCUT2D eigenvalue weighted by atomic mass is 79.9. The van der Waals surface area contributed by atoms with Gasteiger partial charge < -0.3 is 0 Å². The van der Waals surface area contributed by atoms with Crippen molar-refractivity contribution in [1.82, 2.24) is 9.78 Å². The Bertz CT molecular complexity index is 1180. The van der Waals surface area contributed by atoms with Gasteiger partial charge in [-0.05, 0) is 48.9 Å². The number of hydrogen-bond donors (Lipinski definition) is 0. The Morgan fingerprint density at radius 1 is 0.871 bits per heavy atom. The first-order valence-corrected chi connectivity index (χ1v) is 11.6. The Kier molecular flexibility index (Phi) is 8.14. The van der Waals surface area contributed by atoms with Crippen LogP contribution in [0.2, 0.25) is 10.0 Å². The lowest BCUT2D eigenvalue weighted by Gasteiger charge is -2.11. The van der Waals surface area contributed by atoms with Gasteiger partial charge in [-0.25, -0.2) is 4.68 Å². The molecule has 158 valence electrons. The summed E-state index contributed by atoms with van der Waals surface area (Å²) < 4.78 is 2.92. The minimum atomic E-state index is 0.553. The molecule has 1 aromatic heterocycles. The third kappa shape index (κ3) is 5.48. The molecule has 0 saturated carbocycles. The van der Waals surface area contributed by atoms with Crippen molar-refractivity contribution in [3.8, 4) is 16.9 Å². The lowest BCUT2D eigenvalue weighted by atomic mass is 10.1. The second-order valence-electron chi connectivity index (χ2n) is 6.62. The quantitative estimate of drug-likeness (QED) is 0.266. The molecule has 3 aromatic carbocycles. The van der Waals surface area contributed by atoms with Crippen molar-refractivity contribution in [2.45, 2.75) is 20.8 Å². The molecule has 0 aliphatic carbocycles. The summed E-state index contributed by atoms with van der Waals surface area (Å²) in [6.07, 6.45) is 4.10. The maximum atomic E-state index is 6.51. The van der Waals surface area contributed by atoms with Crippen molar-refractivity contribution in [2.24, 2.45) is 0 Å². The molecule has 0 fully saturated rings. The number of hydrogen-bond acceptors (Lipinski definition) is 1. The summed E-state index contributed by atoms with van der Waals surface area (Å²) in [6, 6.07) is 23.8. The van der Waals surface area contributed by atoms with Crippen LogP contribution in [0.5, 0.6) is 0 Å². The zero-order chi connectivity index (χ0) is 22.4. The molecule has 5 heteroatoms. The molecule has 4 rings (SSSR count). The number of benzene rings is 3. The summed E-state index contributed by atoms with van der Waals surface area (Å²) in [7, 11) is 0. The molecule has 0 atom stereocenters. The SMILES string of the molecule is CC.Cc1c(/C=C/c2ccccc2)nn(-c2ccc(Cl)cc2Cl)c1-c1ccc(Br)cc1. The first kappa shape index (κ1) is 23.3. The van der Waals surface area contributed by atoms with Gasteiger partial charge in [0.1, 0.15) is 0 Å². The summed E-state index contributed by atoms with van der Waals surface area (Å²) in [5.74, 6) is 0. The van der Waals surface area contributed by atoms with Crippen LogP contribution in [-0.2, 0) is 0 Å². The second kappa shape index (κ2) is 10.8. The first-order valence-electron chi connectivity index (χ1n) is 10.1. The highest BCUT2D eigenvalue weighted by molar-refractivity contribution is 9.10. The Morgan fingerprint density at radius 2 is 1.55 bits per heavy atom. The average molecular weight is 514 g/mol. The van der Waals surface area contributed by atoms with Gasteiger partial charge in [0.2, 0.25) is 0 Å². The molecule has 0 saturated heterocycles. The van der Waals surface area contributed by atoms with Gasteiger partial charge in [-0.2, -0.15) is 5.10 Å². The van der Waals surface area contributed by atoms with Crippen LogP contribution in [0.15, 0.2) is 77.3 Å². The molecule has 0 N–H and O–H groups in total. The van der Waals surface area contributed by atoms with E-state index in [1.165, 1.54) is 0 Å². The molecule has 4 aromatic rings. The Labute approximate surface area is 202 Å². The monoisotopic (exact) mass is 512 g/mol. The van der Waals surface area contributed by atoms with Gasteiger partial charge in [-0.15, -0.1) is 0 Å². The van der Waals surface area contributed by atoms with Crippen molar-refractivity contribution in [2.75, 3.05) is 0 Å². The number of rotatable bonds is 4. The molecule has 31 heavy (non-hydrogen) atoms. The van der Waals surface area contributed by atoms with E-state index >= 15 is 0 Å². The van der Waals surface area contributed by atoms with Crippen molar-refractivity contribution in [3.05, 3.63) is 104 Å². The zero-order valence-corrected chi connectivity index (χ0v) is 20.7. The van der Waals surface area contributed by atoms with Gasteiger partial charge in [0.05, 0.1) is 22.1 Å². The standard InChI is InChI=1S/C24H17BrCl2N2.C2H6/c1-16-22(13-7-17-5-3-2-4-6-17)28-29(23-14-12-20(26)15-21(23)27)24(16)18-8-10-19(25)11-9-18;1-2/h2-15H,1H3;1-2H3/b13-7+;. The van der Waals surface area contributed by atoms with Crippen LogP contribution in [0, 0.1) is 6.92 Å². The van der Waals surface area contributed by atoms with Crippen LogP contribution in [0.1, 0.15) is 30.7 Å². The number of nitrogens with zero attached hydrogens (tertiary/aromatic N) is 2. The van der Waals surface area contributed by atoms with Gasteiger partial charge in [-0.3, -0.25) is 0 Å². The van der Waals surface area contributed by atoms with E-state index in [1.807, 2.05) is 67.1 Å². The summed E-state index contributed by atoms with van der Waals surface area (Å²) >= 11 is 16.1. The van der Waals surface area contributed by atoms with E-state index in [9.17, 15) is 0 Å². The van der Waals surface area contributed by atoms with Crippen LogP contribution in [-0.4, -0.2) is 9.78 Å². The van der Waals surface area contributed by atoms with Crippen molar-refractivity contribution in [1.29, 1.82) is 0 Å². The fourth-order valence-electron chi connectivity index (χ4n) is 3.18. The maximum Gasteiger partial charge on any atom is 0.0891 e. The fourth-order valence-corrected chi connectivity index (χ4v) is 3.94. The van der Waals surface area contributed by atoms with Crippen LogP contribution in [0.25, 0.3) is 29.1 Å². The van der Waals surface area contributed by atoms with E-state index in [4.69, 9.17) is 28.3 Å². The molecular formula is C26H23BrCl2N2. The number of halogens is 3. The van der Waals surface area contributed by atoms with Crippen LogP contribution in [0.3, 0.4) is 0 Å². The van der Waals surface area contributed by atoms with Crippen molar-refractivity contribution >= 4 is 51.3 Å². The Balaban J connectivity index is 0.00000132. The van der Waals surface area contributed by atoms with Gasteiger partial charge >= 0.3 is 0 Å².